The molecule has 8 heteroatoms. The lowest BCUT2D eigenvalue weighted by Gasteiger charge is -2.30. The molecule has 1 atom stereocenters. The van der Waals surface area contributed by atoms with Crippen LogP contribution in [0.3, 0.4) is 0 Å². The summed E-state index contributed by atoms with van der Waals surface area (Å²) in [5.74, 6) is 0.864. The van der Waals surface area contributed by atoms with Crippen molar-refractivity contribution in [1.29, 1.82) is 0 Å². The molecule has 2 aromatic carbocycles. The Morgan fingerprint density at radius 3 is 2.45 bits per heavy atom. The fraction of sp³-hybridized carbons (Fsp3) is 0.520. The number of aliphatic hydroxyl groups is 1. The molecule has 0 bridgehead atoms. The highest BCUT2D eigenvalue weighted by molar-refractivity contribution is 5.28. The van der Waals surface area contributed by atoms with Crippen LogP contribution in [-0.2, 0) is 16.0 Å². The van der Waals surface area contributed by atoms with Crippen molar-refractivity contribution in [3.8, 4) is 11.5 Å². The van der Waals surface area contributed by atoms with Crippen LogP contribution in [0.4, 0.5) is 4.39 Å². The first-order valence-corrected chi connectivity index (χ1v) is 11.5. The number of morpholine rings is 1. The van der Waals surface area contributed by atoms with Crippen LogP contribution in [0.2, 0.25) is 0 Å². The maximum Gasteiger partial charge on any atom is 0.134 e. The summed E-state index contributed by atoms with van der Waals surface area (Å²) < 4.78 is 36.1. The van der Waals surface area contributed by atoms with E-state index >= 15 is 0 Å². The fourth-order valence-corrected chi connectivity index (χ4v) is 4.10. The summed E-state index contributed by atoms with van der Waals surface area (Å²) in [4.78, 5) is 4.49. The summed E-state index contributed by atoms with van der Waals surface area (Å²) in [6.07, 6.45) is 0. The topological polar surface area (TPSA) is 63.6 Å². The van der Waals surface area contributed by atoms with E-state index in [1.165, 1.54) is 12.1 Å². The maximum absolute atomic E-state index is 13.4. The lowest BCUT2D eigenvalue weighted by atomic mass is 10.1. The fourth-order valence-electron chi connectivity index (χ4n) is 4.10. The van der Waals surface area contributed by atoms with Gasteiger partial charge in [-0.1, -0.05) is 18.2 Å². The number of β-amino-alcohol motifs (C(OH)–C–C–N with tert-alkyl or cyclic N) is 1. The van der Waals surface area contributed by atoms with Crippen molar-refractivity contribution >= 4 is 0 Å². The Balaban J connectivity index is 1.29. The second kappa shape index (κ2) is 11.8. The van der Waals surface area contributed by atoms with Gasteiger partial charge in [-0.05, 0) is 29.8 Å². The molecule has 7 nitrogen and oxygen atoms in total. The lowest BCUT2D eigenvalue weighted by Crippen LogP contribution is -2.48. The summed E-state index contributed by atoms with van der Waals surface area (Å²) in [5, 5.41) is 11.1. The molecule has 0 aromatic heterocycles. The average molecular weight is 461 g/mol. The number of ether oxygens (including phenoxy) is 4. The van der Waals surface area contributed by atoms with Gasteiger partial charge in [0.2, 0.25) is 0 Å². The average Bonchev–Trinajstić information content (AvgIpc) is 3.00. The van der Waals surface area contributed by atoms with E-state index in [2.05, 4.69) is 15.9 Å². The van der Waals surface area contributed by atoms with Gasteiger partial charge in [-0.3, -0.25) is 9.80 Å². The predicted octanol–water partition coefficient (Wildman–Crippen LogP) is 2.18. The van der Waals surface area contributed by atoms with Crippen molar-refractivity contribution in [2.45, 2.75) is 12.1 Å². The quantitative estimate of drug-likeness (QED) is 0.616. The molecule has 33 heavy (non-hydrogen) atoms. The Morgan fingerprint density at radius 2 is 1.64 bits per heavy atom. The van der Waals surface area contributed by atoms with Gasteiger partial charge in [-0.2, -0.15) is 0 Å². The molecule has 180 valence electrons. The first-order chi connectivity index (χ1) is 16.1. The highest BCUT2D eigenvalue weighted by atomic mass is 19.1. The molecular formula is C25H33FN2O5. The number of hydrogen-bond donors (Lipinski definition) is 1. The second-order valence-electron chi connectivity index (χ2n) is 8.68. The van der Waals surface area contributed by atoms with E-state index < -0.39 is 5.60 Å². The molecule has 4 rings (SSSR count). The monoisotopic (exact) mass is 460 g/mol. The molecule has 0 aliphatic carbocycles. The molecule has 2 heterocycles. The SMILES string of the molecule is O[C@]1(COc2cccc(F)c2)COCCN(Cc2cccc(OCCN3CCOCC3)c2)C1. The van der Waals surface area contributed by atoms with Crippen molar-refractivity contribution in [1.82, 2.24) is 9.80 Å². The van der Waals surface area contributed by atoms with Crippen LogP contribution in [0.15, 0.2) is 48.5 Å². The van der Waals surface area contributed by atoms with Gasteiger partial charge >= 0.3 is 0 Å². The summed E-state index contributed by atoms with van der Waals surface area (Å²) in [6, 6.07) is 14.0. The number of nitrogens with zero attached hydrogens (tertiary/aromatic N) is 2. The number of halogens is 1. The molecule has 2 aromatic rings. The lowest BCUT2D eigenvalue weighted by molar-refractivity contribution is -0.0647. The Hall–Kier alpha value is -2.23. The zero-order chi connectivity index (χ0) is 22.9. The first kappa shape index (κ1) is 23.9. The minimum Gasteiger partial charge on any atom is -0.492 e. The van der Waals surface area contributed by atoms with Gasteiger partial charge in [0, 0.05) is 45.3 Å². The summed E-state index contributed by atoms with van der Waals surface area (Å²) >= 11 is 0. The largest absolute Gasteiger partial charge is 0.492 e. The molecule has 0 radical (unpaired) electrons. The zero-order valence-electron chi connectivity index (χ0n) is 19.0. The highest BCUT2D eigenvalue weighted by Gasteiger charge is 2.33. The normalized spacial score (nSPS) is 22.6. The van der Waals surface area contributed by atoms with E-state index in [-0.39, 0.29) is 19.0 Å². The molecule has 0 amide bonds. The van der Waals surface area contributed by atoms with Gasteiger partial charge in [0.1, 0.15) is 36.1 Å². The van der Waals surface area contributed by atoms with E-state index in [0.29, 0.717) is 38.6 Å². The molecule has 0 unspecified atom stereocenters. The molecule has 2 fully saturated rings. The van der Waals surface area contributed by atoms with Crippen molar-refractivity contribution in [2.24, 2.45) is 0 Å². The van der Waals surface area contributed by atoms with Gasteiger partial charge in [0.05, 0.1) is 26.4 Å². The highest BCUT2D eigenvalue weighted by Crippen LogP contribution is 2.20. The van der Waals surface area contributed by atoms with Crippen LogP contribution in [0.1, 0.15) is 5.56 Å². The van der Waals surface area contributed by atoms with Gasteiger partial charge in [-0.15, -0.1) is 0 Å². The van der Waals surface area contributed by atoms with Gasteiger partial charge in [0.15, 0.2) is 0 Å². The van der Waals surface area contributed by atoms with E-state index in [9.17, 15) is 9.50 Å². The van der Waals surface area contributed by atoms with Crippen molar-refractivity contribution in [3.05, 3.63) is 59.9 Å². The molecular weight excluding hydrogens is 427 g/mol. The minimum absolute atomic E-state index is 0.0254. The third-order valence-electron chi connectivity index (χ3n) is 5.83. The first-order valence-electron chi connectivity index (χ1n) is 11.5. The number of benzene rings is 2. The second-order valence-corrected chi connectivity index (χ2v) is 8.68. The van der Waals surface area contributed by atoms with E-state index in [1.54, 1.807) is 12.1 Å². The van der Waals surface area contributed by atoms with Crippen molar-refractivity contribution in [2.75, 3.05) is 72.4 Å². The standard InChI is InChI=1S/C25H33FN2O5/c26-22-4-2-6-24(16-22)33-20-25(29)18-28(9-13-31-19-25)17-21-3-1-5-23(15-21)32-14-10-27-7-11-30-12-8-27/h1-6,15-16,29H,7-14,17-20H2/t25-/m0/s1. The van der Waals surface area contributed by atoms with E-state index in [0.717, 1.165) is 44.2 Å². The third kappa shape index (κ3) is 7.65. The summed E-state index contributed by atoms with van der Waals surface area (Å²) in [7, 11) is 0. The Bertz CT molecular complexity index is 879. The third-order valence-corrected chi connectivity index (χ3v) is 5.83. The Morgan fingerprint density at radius 1 is 0.909 bits per heavy atom. The van der Waals surface area contributed by atoms with Crippen LogP contribution < -0.4 is 9.47 Å². The molecule has 2 aliphatic heterocycles. The zero-order valence-corrected chi connectivity index (χ0v) is 19.0. The van der Waals surface area contributed by atoms with Crippen LogP contribution in [0.5, 0.6) is 11.5 Å². The smallest absolute Gasteiger partial charge is 0.134 e. The molecule has 2 aliphatic rings. The molecule has 1 N–H and O–H groups in total. The van der Waals surface area contributed by atoms with E-state index in [1.807, 2.05) is 18.2 Å². The predicted molar refractivity (Wildman–Crippen MR) is 122 cm³/mol. The molecule has 0 saturated carbocycles. The van der Waals surface area contributed by atoms with Crippen LogP contribution >= 0.6 is 0 Å². The number of hydrogen-bond acceptors (Lipinski definition) is 7. The van der Waals surface area contributed by atoms with Crippen LogP contribution in [0.25, 0.3) is 0 Å². The Kier molecular flexibility index (Phi) is 8.52. The summed E-state index contributed by atoms with van der Waals surface area (Å²) in [5.41, 5.74) is -0.0797. The van der Waals surface area contributed by atoms with Crippen molar-refractivity contribution < 1.29 is 28.4 Å². The molecule has 0 spiro atoms. The maximum atomic E-state index is 13.4. The molecule has 2 saturated heterocycles. The van der Waals surface area contributed by atoms with Crippen LogP contribution in [-0.4, -0.2) is 92.9 Å². The van der Waals surface area contributed by atoms with Gasteiger partial charge < -0.3 is 24.1 Å². The van der Waals surface area contributed by atoms with E-state index in [4.69, 9.17) is 18.9 Å². The minimum atomic E-state index is -1.19. The van der Waals surface area contributed by atoms with Gasteiger partial charge in [0.25, 0.3) is 0 Å². The van der Waals surface area contributed by atoms with Crippen molar-refractivity contribution in [3.63, 3.8) is 0 Å². The summed E-state index contributed by atoms with van der Waals surface area (Å²) in [6.45, 7) is 7.47. The van der Waals surface area contributed by atoms with Crippen LogP contribution in [0, 0.1) is 5.82 Å². The van der Waals surface area contributed by atoms with Gasteiger partial charge in [-0.25, -0.2) is 4.39 Å². The number of rotatable bonds is 9. The Labute approximate surface area is 194 Å².